The molecule has 1 rings (SSSR count). The van der Waals surface area contributed by atoms with Gasteiger partial charge in [0.05, 0.1) is 11.3 Å². The molecule has 0 atom stereocenters. The highest BCUT2D eigenvalue weighted by molar-refractivity contribution is 5.95. The lowest BCUT2D eigenvalue weighted by atomic mass is 10.2. The molecule has 1 aromatic rings. The number of carbonyl (C=O) groups is 2. The molecule has 0 unspecified atom stereocenters. The number of aromatic amines is 1. The highest BCUT2D eigenvalue weighted by atomic mass is 16.1. The van der Waals surface area contributed by atoms with Gasteiger partial charge in [-0.2, -0.15) is 0 Å². The van der Waals surface area contributed by atoms with Crippen LogP contribution < -0.4 is 5.56 Å². The molecule has 0 saturated heterocycles. The zero-order valence-electron chi connectivity index (χ0n) is 7.38. The lowest BCUT2D eigenvalue weighted by molar-refractivity contribution is 0.0996. The van der Waals surface area contributed by atoms with E-state index in [0.717, 1.165) is 0 Å². The van der Waals surface area contributed by atoms with Crippen LogP contribution in [0.1, 0.15) is 34.7 Å². The van der Waals surface area contributed by atoms with Crippen LogP contribution >= 0.6 is 0 Å². The van der Waals surface area contributed by atoms with E-state index in [0.29, 0.717) is 0 Å². The lowest BCUT2D eigenvalue weighted by Gasteiger charge is -1.96. The first-order valence-electron chi connectivity index (χ1n) is 3.77. The maximum Gasteiger partial charge on any atom is 0.259 e. The van der Waals surface area contributed by atoms with E-state index < -0.39 is 5.56 Å². The first-order chi connectivity index (χ1) is 6.02. The number of Topliss-reactive ketones (excluding diaryl/α,β-unsaturated/α-hetero) is 2. The van der Waals surface area contributed by atoms with Crippen LogP contribution in [0.3, 0.4) is 0 Å². The molecule has 0 amide bonds. The number of ketones is 2. The summed E-state index contributed by atoms with van der Waals surface area (Å²) in [6.45, 7) is 2.65. The molecule has 4 nitrogen and oxygen atoms in total. The first kappa shape index (κ1) is 9.38. The third-order valence-electron chi connectivity index (χ3n) is 1.67. The number of nitrogens with one attached hydrogen (secondary N) is 1. The van der Waals surface area contributed by atoms with Crippen molar-refractivity contribution in [2.75, 3.05) is 0 Å². The number of hydrogen-bond donors (Lipinski definition) is 1. The standard InChI is InChI=1S/C9H9NO3/c1-5(11)7-3-4-8(6(2)12)10-9(7)13/h3-4H,1-2H3,(H,10,13). The molecule has 0 spiro atoms. The molecule has 0 saturated carbocycles. The van der Waals surface area contributed by atoms with Gasteiger partial charge in [0.2, 0.25) is 0 Å². The van der Waals surface area contributed by atoms with Gasteiger partial charge in [0.15, 0.2) is 11.6 Å². The molecule has 0 aromatic carbocycles. The van der Waals surface area contributed by atoms with Gasteiger partial charge in [-0.1, -0.05) is 0 Å². The maximum atomic E-state index is 11.2. The molecule has 13 heavy (non-hydrogen) atoms. The van der Waals surface area contributed by atoms with Crippen LogP contribution in [0.4, 0.5) is 0 Å². The van der Waals surface area contributed by atoms with Crippen molar-refractivity contribution in [2.24, 2.45) is 0 Å². The van der Waals surface area contributed by atoms with Crippen LogP contribution in [0.15, 0.2) is 16.9 Å². The first-order valence-corrected chi connectivity index (χ1v) is 3.77. The Hall–Kier alpha value is -1.71. The van der Waals surface area contributed by atoms with Gasteiger partial charge in [0.1, 0.15) is 0 Å². The maximum absolute atomic E-state index is 11.2. The SMILES string of the molecule is CC(=O)c1ccc(C(C)=O)c(=O)[nH]1. The number of pyridine rings is 1. The Morgan fingerprint density at radius 2 is 1.77 bits per heavy atom. The third kappa shape index (κ3) is 1.90. The van der Waals surface area contributed by atoms with Crippen molar-refractivity contribution in [2.45, 2.75) is 13.8 Å². The normalized spacial score (nSPS) is 9.69. The van der Waals surface area contributed by atoms with E-state index in [1.807, 2.05) is 0 Å². The van der Waals surface area contributed by atoms with Gasteiger partial charge in [-0.25, -0.2) is 0 Å². The van der Waals surface area contributed by atoms with E-state index in [1.165, 1.54) is 26.0 Å². The fraction of sp³-hybridized carbons (Fsp3) is 0.222. The Balaban J connectivity index is 3.29. The van der Waals surface area contributed by atoms with Crippen molar-refractivity contribution in [1.29, 1.82) is 0 Å². The van der Waals surface area contributed by atoms with Crippen LogP contribution in [0.25, 0.3) is 0 Å². The van der Waals surface area contributed by atoms with Gasteiger partial charge in [0, 0.05) is 6.92 Å². The third-order valence-corrected chi connectivity index (χ3v) is 1.67. The van der Waals surface area contributed by atoms with E-state index in [1.54, 1.807) is 0 Å². The van der Waals surface area contributed by atoms with Gasteiger partial charge in [-0.3, -0.25) is 14.4 Å². The molecule has 0 fully saturated rings. The summed E-state index contributed by atoms with van der Waals surface area (Å²) in [6, 6.07) is 2.79. The van der Waals surface area contributed by atoms with Crippen molar-refractivity contribution in [3.05, 3.63) is 33.7 Å². The van der Waals surface area contributed by atoms with Gasteiger partial charge < -0.3 is 4.98 Å². The van der Waals surface area contributed by atoms with E-state index >= 15 is 0 Å². The average Bonchev–Trinajstić information content (AvgIpc) is 2.03. The summed E-state index contributed by atoms with van der Waals surface area (Å²) >= 11 is 0. The van der Waals surface area contributed by atoms with E-state index in [9.17, 15) is 14.4 Å². The molecule has 4 heteroatoms. The van der Waals surface area contributed by atoms with Crippen LogP contribution in [0.5, 0.6) is 0 Å². The Morgan fingerprint density at radius 1 is 1.15 bits per heavy atom. The van der Waals surface area contributed by atoms with Crippen LogP contribution in [0.2, 0.25) is 0 Å². The number of rotatable bonds is 2. The molecule has 1 N–H and O–H groups in total. The van der Waals surface area contributed by atoms with Crippen molar-refractivity contribution in [1.82, 2.24) is 4.98 Å². The second-order valence-corrected chi connectivity index (χ2v) is 2.73. The molecule has 68 valence electrons. The Bertz CT molecular complexity index is 417. The summed E-state index contributed by atoms with van der Waals surface area (Å²) in [7, 11) is 0. The van der Waals surface area contributed by atoms with Crippen LogP contribution in [-0.4, -0.2) is 16.6 Å². The Morgan fingerprint density at radius 3 is 2.15 bits per heavy atom. The molecule has 0 bridgehead atoms. The van der Waals surface area contributed by atoms with Crippen molar-refractivity contribution < 1.29 is 9.59 Å². The number of carbonyl (C=O) groups excluding carboxylic acids is 2. The molecule has 0 aliphatic heterocycles. The largest absolute Gasteiger partial charge is 0.319 e. The summed E-state index contributed by atoms with van der Waals surface area (Å²) in [4.78, 5) is 35.2. The highest BCUT2D eigenvalue weighted by Gasteiger charge is 2.07. The second-order valence-electron chi connectivity index (χ2n) is 2.73. The Labute approximate surface area is 74.6 Å². The fourth-order valence-electron chi connectivity index (χ4n) is 0.956. The van der Waals surface area contributed by atoms with Crippen molar-refractivity contribution >= 4 is 11.6 Å². The molecule has 1 heterocycles. The smallest absolute Gasteiger partial charge is 0.259 e. The zero-order chi connectivity index (χ0) is 10.0. The summed E-state index contributed by atoms with van der Waals surface area (Å²) in [5, 5.41) is 0. The van der Waals surface area contributed by atoms with Crippen LogP contribution in [0, 0.1) is 0 Å². The van der Waals surface area contributed by atoms with Gasteiger partial charge >= 0.3 is 0 Å². The number of hydrogen-bond acceptors (Lipinski definition) is 3. The van der Waals surface area contributed by atoms with E-state index in [4.69, 9.17) is 0 Å². The lowest BCUT2D eigenvalue weighted by Crippen LogP contribution is -2.18. The summed E-state index contributed by atoms with van der Waals surface area (Å²) < 4.78 is 0. The highest BCUT2D eigenvalue weighted by Crippen LogP contribution is 1.96. The Kier molecular flexibility index (Phi) is 2.41. The predicted molar refractivity (Wildman–Crippen MR) is 47.1 cm³/mol. The molecule has 0 aliphatic carbocycles. The van der Waals surface area contributed by atoms with Crippen LogP contribution in [-0.2, 0) is 0 Å². The minimum absolute atomic E-state index is 0.0741. The van der Waals surface area contributed by atoms with Gasteiger partial charge in [0.25, 0.3) is 5.56 Å². The second kappa shape index (κ2) is 3.35. The van der Waals surface area contributed by atoms with Gasteiger partial charge in [-0.15, -0.1) is 0 Å². The fourth-order valence-corrected chi connectivity index (χ4v) is 0.956. The van der Waals surface area contributed by atoms with Crippen molar-refractivity contribution in [3.8, 4) is 0 Å². The summed E-state index contributed by atoms with van der Waals surface area (Å²) in [5.74, 6) is -0.538. The predicted octanol–water partition coefficient (Wildman–Crippen LogP) is 0.780. The zero-order valence-corrected chi connectivity index (χ0v) is 7.38. The van der Waals surface area contributed by atoms with Crippen molar-refractivity contribution in [3.63, 3.8) is 0 Å². The quantitative estimate of drug-likeness (QED) is 0.682. The van der Waals surface area contributed by atoms with E-state index in [2.05, 4.69) is 4.98 Å². The minimum atomic E-state index is -0.514. The van der Waals surface area contributed by atoms with Gasteiger partial charge in [-0.05, 0) is 19.1 Å². The topological polar surface area (TPSA) is 67.0 Å². The molecular weight excluding hydrogens is 170 g/mol. The summed E-state index contributed by atoms with van der Waals surface area (Å²) in [5.41, 5.74) is -0.222. The molecule has 0 aliphatic rings. The number of aromatic nitrogens is 1. The average molecular weight is 179 g/mol. The molecule has 1 aromatic heterocycles. The monoisotopic (exact) mass is 179 g/mol. The van der Waals surface area contributed by atoms with E-state index in [-0.39, 0.29) is 22.8 Å². The number of H-pyrrole nitrogens is 1. The minimum Gasteiger partial charge on any atom is -0.319 e. The summed E-state index contributed by atoms with van der Waals surface area (Å²) in [6.07, 6.45) is 0. The molecule has 0 radical (unpaired) electrons. The molecular formula is C9H9NO3.